The summed E-state index contributed by atoms with van der Waals surface area (Å²) >= 11 is 2.03. The number of anilines is 2. The lowest BCUT2D eigenvalue weighted by atomic mass is 10.1. The fraction of sp³-hybridized carbons (Fsp3) is 0.600. The van der Waals surface area contributed by atoms with E-state index in [1.54, 1.807) is 6.07 Å². The summed E-state index contributed by atoms with van der Waals surface area (Å²) in [7, 11) is 0. The van der Waals surface area contributed by atoms with Gasteiger partial charge in [-0.05, 0) is 37.7 Å². The first-order valence-electron chi connectivity index (χ1n) is 5.15. The van der Waals surface area contributed by atoms with Crippen molar-refractivity contribution in [3.05, 3.63) is 12.1 Å². The van der Waals surface area contributed by atoms with Crippen LogP contribution in [0.25, 0.3) is 0 Å². The summed E-state index contributed by atoms with van der Waals surface area (Å²) in [5, 5.41) is 11.1. The highest BCUT2D eigenvalue weighted by Crippen LogP contribution is 2.37. The van der Waals surface area contributed by atoms with E-state index in [9.17, 15) is 0 Å². The van der Waals surface area contributed by atoms with Crippen LogP contribution in [-0.2, 0) is 0 Å². The summed E-state index contributed by atoms with van der Waals surface area (Å²) in [4.78, 5) is 0. The van der Waals surface area contributed by atoms with Crippen molar-refractivity contribution in [2.75, 3.05) is 23.3 Å². The molecule has 1 unspecified atom stereocenters. The molecule has 1 atom stereocenters. The largest absolute Gasteiger partial charge is 0.382 e. The van der Waals surface area contributed by atoms with Crippen molar-refractivity contribution in [1.29, 1.82) is 0 Å². The minimum Gasteiger partial charge on any atom is -0.382 e. The van der Waals surface area contributed by atoms with E-state index >= 15 is 0 Å². The predicted molar refractivity (Wildman–Crippen MR) is 65.0 cm³/mol. The Kier molecular flexibility index (Phi) is 3.00. The highest BCUT2D eigenvalue weighted by molar-refractivity contribution is 8.00. The van der Waals surface area contributed by atoms with Crippen molar-refractivity contribution in [1.82, 2.24) is 10.2 Å². The first-order valence-corrected chi connectivity index (χ1v) is 6.14. The molecule has 5 heteroatoms. The second-order valence-electron chi connectivity index (χ2n) is 4.10. The second kappa shape index (κ2) is 4.26. The molecule has 82 valence electrons. The normalized spacial score (nSPS) is 25.4. The van der Waals surface area contributed by atoms with E-state index in [2.05, 4.69) is 22.4 Å². The third-order valence-electron chi connectivity index (χ3n) is 2.63. The quantitative estimate of drug-likeness (QED) is 0.819. The summed E-state index contributed by atoms with van der Waals surface area (Å²) in [5.41, 5.74) is 5.47. The fourth-order valence-electron chi connectivity index (χ4n) is 1.69. The lowest BCUT2D eigenvalue weighted by Gasteiger charge is -2.22. The number of hydrogen-bond acceptors (Lipinski definition) is 5. The molecule has 4 nitrogen and oxygen atoms in total. The summed E-state index contributed by atoms with van der Waals surface area (Å²) in [6.45, 7) is 3.23. The number of nitrogen functional groups attached to an aromatic ring is 1. The molecule has 1 aliphatic heterocycles. The molecule has 0 aliphatic carbocycles. The Hall–Kier alpha value is -0.970. The van der Waals surface area contributed by atoms with E-state index in [1.165, 1.54) is 18.6 Å². The smallest absolute Gasteiger partial charge is 0.148 e. The zero-order valence-corrected chi connectivity index (χ0v) is 9.68. The molecule has 1 aromatic heterocycles. The molecular formula is C10H16N4S. The molecule has 1 saturated heterocycles. The molecule has 1 aromatic rings. The number of nitrogens with zero attached hydrogens (tertiary/aromatic N) is 2. The molecule has 0 amide bonds. The summed E-state index contributed by atoms with van der Waals surface area (Å²) in [5.74, 6) is 2.53. The van der Waals surface area contributed by atoms with Gasteiger partial charge in [0.25, 0.3) is 0 Å². The van der Waals surface area contributed by atoms with Crippen molar-refractivity contribution in [2.24, 2.45) is 0 Å². The van der Waals surface area contributed by atoms with E-state index in [-0.39, 0.29) is 0 Å². The number of rotatable bonds is 3. The van der Waals surface area contributed by atoms with Crippen LogP contribution in [0.4, 0.5) is 11.6 Å². The van der Waals surface area contributed by atoms with Crippen molar-refractivity contribution in [2.45, 2.75) is 24.5 Å². The third kappa shape index (κ3) is 2.75. The molecule has 0 radical (unpaired) electrons. The van der Waals surface area contributed by atoms with E-state index in [0.717, 1.165) is 12.4 Å². The van der Waals surface area contributed by atoms with Gasteiger partial charge in [-0.25, -0.2) is 0 Å². The molecule has 0 saturated carbocycles. The lowest BCUT2D eigenvalue weighted by Crippen LogP contribution is -2.27. The number of nitrogens with one attached hydrogen (secondary N) is 1. The average molecular weight is 224 g/mol. The maximum atomic E-state index is 5.47. The van der Waals surface area contributed by atoms with Gasteiger partial charge in [0.2, 0.25) is 0 Å². The molecule has 0 aromatic carbocycles. The fourth-order valence-corrected chi connectivity index (χ4v) is 2.94. The second-order valence-corrected chi connectivity index (χ2v) is 5.78. The van der Waals surface area contributed by atoms with Crippen molar-refractivity contribution >= 4 is 23.4 Å². The van der Waals surface area contributed by atoms with Gasteiger partial charge >= 0.3 is 0 Å². The Morgan fingerprint density at radius 2 is 2.40 bits per heavy atom. The predicted octanol–water partition coefficient (Wildman–Crippen LogP) is 1.76. The van der Waals surface area contributed by atoms with E-state index in [1.807, 2.05) is 17.8 Å². The van der Waals surface area contributed by atoms with Gasteiger partial charge < -0.3 is 11.1 Å². The first-order chi connectivity index (χ1) is 7.18. The molecule has 1 fully saturated rings. The summed E-state index contributed by atoms with van der Waals surface area (Å²) in [6.07, 6.45) is 2.59. The SMILES string of the molecule is CC1(CNc2ccc(N)nn2)CCCS1. The number of nitrogens with two attached hydrogens (primary N) is 1. The molecule has 2 rings (SSSR count). The van der Waals surface area contributed by atoms with Crippen LogP contribution in [0, 0.1) is 0 Å². The van der Waals surface area contributed by atoms with E-state index in [0.29, 0.717) is 10.6 Å². The van der Waals surface area contributed by atoms with E-state index in [4.69, 9.17) is 5.73 Å². The van der Waals surface area contributed by atoms with Crippen LogP contribution in [-0.4, -0.2) is 27.2 Å². The van der Waals surface area contributed by atoms with Gasteiger partial charge in [-0.3, -0.25) is 0 Å². The Balaban J connectivity index is 1.90. The summed E-state index contributed by atoms with van der Waals surface area (Å²) in [6, 6.07) is 3.63. The highest BCUT2D eigenvalue weighted by Gasteiger charge is 2.29. The third-order valence-corrected chi connectivity index (χ3v) is 4.17. The molecule has 0 spiro atoms. The Morgan fingerprint density at radius 1 is 1.53 bits per heavy atom. The maximum absolute atomic E-state index is 5.47. The molecule has 1 aliphatic rings. The van der Waals surface area contributed by atoms with Crippen LogP contribution in [0.1, 0.15) is 19.8 Å². The van der Waals surface area contributed by atoms with Crippen LogP contribution >= 0.6 is 11.8 Å². The van der Waals surface area contributed by atoms with Crippen LogP contribution in [0.15, 0.2) is 12.1 Å². The van der Waals surface area contributed by atoms with Gasteiger partial charge in [0.1, 0.15) is 11.6 Å². The molecule has 0 bridgehead atoms. The highest BCUT2D eigenvalue weighted by atomic mass is 32.2. The standard InChI is InChI=1S/C10H16N4S/c1-10(5-2-6-15-10)7-12-9-4-3-8(11)13-14-9/h3-4H,2,5-7H2,1H3,(H2,11,13)(H,12,14). The monoisotopic (exact) mass is 224 g/mol. The van der Waals surface area contributed by atoms with Gasteiger partial charge in [-0.2, -0.15) is 11.8 Å². The maximum Gasteiger partial charge on any atom is 0.148 e. The minimum atomic E-state index is 0.350. The van der Waals surface area contributed by atoms with Crippen molar-refractivity contribution in [3.8, 4) is 0 Å². The Labute approximate surface area is 94.0 Å². The zero-order chi connectivity index (χ0) is 10.7. The van der Waals surface area contributed by atoms with Gasteiger partial charge in [0.05, 0.1) is 0 Å². The molecular weight excluding hydrogens is 208 g/mol. The molecule has 3 N–H and O–H groups in total. The first kappa shape index (κ1) is 10.5. The van der Waals surface area contributed by atoms with Crippen molar-refractivity contribution < 1.29 is 0 Å². The van der Waals surface area contributed by atoms with Gasteiger partial charge in [-0.15, -0.1) is 10.2 Å². The van der Waals surface area contributed by atoms with Gasteiger partial charge in [-0.1, -0.05) is 0 Å². The van der Waals surface area contributed by atoms with Crippen LogP contribution in [0.5, 0.6) is 0 Å². The van der Waals surface area contributed by atoms with Crippen LogP contribution in [0.3, 0.4) is 0 Å². The van der Waals surface area contributed by atoms with Gasteiger partial charge in [0.15, 0.2) is 0 Å². The number of hydrogen-bond donors (Lipinski definition) is 2. The topological polar surface area (TPSA) is 63.8 Å². The average Bonchev–Trinajstić information content (AvgIpc) is 2.65. The van der Waals surface area contributed by atoms with Crippen molar-refractivity contribution in [3.63, 3.8) is 0 Å². The molecule has 15 heavy (non-hydrogen) atoms. The van der Waals surface area contributed by atoms with Gasteiger partial charge in [0, 0.05) is 11.3 Å². The van der Waals surface area contributed by atoms with Crippen LogP contribution in [0.2, 0.25) is 0 Å². The molecule has 2 heterocycles. The lowest BCUT2D eigenvalue weighted by molar-refractivity contribution is 0.633. The zero-order valence-electron chi connectivity index (χ0n) is 8.86. The van der Waals surface area contributed by atoms with Crippen LogP contribution < -0.4 is 11.1 Å². The minimum absolute atomic E-state index is 0.350. The summed E-state index contributed by atoms with van der Waals surface area (Å²) < 4.78 is 0.350. The number of aromatic nitrogens is 2. The Bertz CT molecular complexity index is 319. The Morgan fingerprint density at radius 3 is 3.00 bits per heavy atom. The van der Waals surface area contributed by atoms with E-state index < -0.39 is 0 Å². The number of thioether (sulfide) groups is 1.